The van der Waals surface area contributed by atoms with E-state index in [0.29, 0.717) is 5.84 Å². The second kappa shape index (κ2) is 5.30. The Kier molecular flexibility index (Phi) is 4.05. The van der Waals surface area contributed by atoms with E-state index in [2.05, 4.69) is 5.10 Å². The Bertz CT molecular complexity index is 412. The molecule has 0 radical (unpaired) electrons. The Balaban J connectivity index is 0.000000606. The first-order valence-electron chi connectivity index (χ1n) is 5.40. The molecule has 0 unspecified atom stereocenters. The highest BCUT2D eigenvalue weighted by molar-refractivity contribution is 6.11. The first-order valence-corrected chi connectivity index (χ1v) is 5.40. The number of nitrogens with two attached hydrogens (primary N) is 1. The third-order valence-electron chi connectivity index (χ3n) is 2.14. The topological polar surface area (TPSA) is 58.7 Å². The molecular weight excluding hydrogens is 202 g/mol. The van der Waals surface area contributed by atoms with Crippen LogP contribution in [0.15, 0.2) is 29.4 Å². The average molecular weight is 219 g/mol. The van der Waals surface area contributed by atoms with Gasteiger partial charge in [0.1, 0.15) is 5.84 Å². The van der Waals surface area contributed by atoms with Crippen LogP contribution < -0.4 is 10.7 Å². The van der Waals surface area contributed by atoms with E-state index in [1.54, 1.807) is 0 Å². The van der Waals surface area contributed by atoms with Gasteiger partial charge in [-0.05, 0) is 18.6 Å². The summed E-state index contributed by atoms with van der Waals surface area (Å²) < 4.78 is 0. The van der Waals surface area contributed by atoms with Gasteiger partial charge in [-0.15, -0.1) is 0 Å². The summed E-state index contributed by atoms with van der Waals surface area (Å²) in [5.41, 5.74) is 7.31. The predicted molar refractivity (Wildman–Crippen MR) is 66.3 cm³/mol. The van der Waals surface area contributed by atoms with Gasteiger partial charge < -0.3 is 5.73 Å². The standard InChI is InChI=1S/C10H11N3O.C2H6/c1-7-4-2-3-5-8(7)13-10(14)6-9(11)12-13;1-2/h2-5H,6H2,1H3,(H2,11,12);1-2H3. The van der Waals surface area contributed by atoms with Crippen LogP contribution >= 0.6 is 0 Å². The highest BCUT2D eigenvalue weighted by Gasteiger charge is 2.24. The molecule has 0 spiro atoms. The molecule has 2 rings (SSSR count). The molecule has 0 saturated heterocycles. The smallest absolute Gasteiger partial charge is 0.255 e. The molecule has 4 heteroatoms. The molecule has 0 fully saturated rings. The molecule has 1 aliphatic heterocycles. The number of anilines is 1. The number of amidine groups is 1. The number of hydrazone groups is 1. The fraction of sp³-hybridized carbons (Fsp3) is 0.333. The molecule has 16 heavy (non-hydrogen) atoms. The molecule has 1 heterocycles. The minimum absolute atomic E-state index is 0.0724. The van der Waals surface area contributed by atoms with Crippen LogP contribution in [0, 0.1) is 6.92 Å². The van der Waals surface area contributed by atoms with Gasteiger partial charge in [0, 0.05) is 0 Å². The average Bonchev–Trinajstić information content (AvgIpc) is 2.61. The molecule has 1 aromatic rings. The van der Waals surface area contributed by atoms with E-state index in [9.17, 15) is 4.79 Å². The van der Waals surface area contributed by atoms with Gasteiger partial charge in [-0.1, -0.05) is 32.0 Å². The maximum absolute atomic E-state index is 11.5. The maximum atomic E-state index is 11.5. The summed E-state index contributed by atoms with van der Waals surface area (Å²) in [5, 5.41) is 5.34. The van der Waals surface area contributed by atoms with Crippen LogP contribution in [0.5, 0.6) is 0 Å². The molecule has 0 aromatic heterocycles. The molecule has 0 bridgehead atoms. The van der Waals surface area contributed by atoms with Crippen molar-refractivity contribution in [3.8, 4) is 0 Å². The van der Waals surface area contributed by atoms with E-state index >= 15 is 0 Å². The number of hydrogen-bond donors (Lipinski definition) is 1. The summed E-state index contributed by atoms with van der Waals surface area (Å²) in [4.78, 5) is 11.5. The fourth-order valence-electron chi connectivity index (χ4n) is 1.44. The monoisotopic (exact) mass is 219 g/mol. The summed E-state index contributed by atoms with van der Waals surface area (Å²) in [6.07, 6.45) is 0.217. The number of rotatable bonds is 1. The largest absolute Gasteiger partial charge is 0.385 e. The predicted octanol–water partition coefficient (Wildman–Crippen LogP) is 2.03. The summed E-state index contributed by atoms with van der Waals surface area (Å²) >= 11 is 0. The highest BCUT2D eigenvalue weighted by Crippen LogP contribution is 2.22. The van der Waals surface area contributed by atoms with Gasteiger partial charge in [0.05, 0.1) is 12.1 Å². The lowest BCUT2D eigenvalue weighted by molar-refractivity contribution is -0.116. The van der Waals surface area contributed by atoms with Gasteiger partial charge in [-0.3, -0.25) is 4.79 Å². The zero-order valence-electron chi connectivity index (χ0n) is 9.90. The van der Waals surface area contributed by atoms with Crippen LogP contribution in [0.25, 0.3) is 0 Å². The molecular formula is C12H17N3O. The molecule has 4 nitrogen and oxygen atoms in total. The molecule has 86 valence electrons. The Morgan fingerprint density at radius 1 is 1.31 bits per heavy atom. The zero-order chi connectivity index (χ0) is 12.1. The van der Waals surface area contributed by atoms with Gasteiger partial charge >= 0.3 is 0 Å². The number of amides is 1. The van der Waals surface area contributed by atoms with Crippen molar-refractivity contribution in [1.29, 1.82) is 0 Å². The minimum atomic E-state index is -0.0724. The van der Waals surface area contributed by atoms with Crippen molar-refractivity contribution in [2.24, 2.45) is 10.8 Å². The molecule has 2 N–H and O–H groups in total. The number of aryl methyl sites for hydroxylation is 1. The van der Waals surface area contributed by atoms with E-state index in [1.165, 1.54) is 5.01 Å². The van der Waals surface area contributed by atoms with E-state index in [0.717, 1.165) is 11.3 Å². The second-order valence-electron chi connectivity index (χ2n) is 3.26. The quantitative estimate of drug-likeness (QED) is 0.785. The number of benzene rings is 1. The Labute approximate surface area is 95.7 Å². The molecule has 0 aliphatic carbocycles. The second-order valence-corrected chi connectivity index (χ2v) is 3.26. The summed E-state index contributed by atoms with van der Waals surface area (Å²) in [6, 6.07) is 7.59. The summed E-state index contributed by atoms with van der Waals surface area (Å²) in [7, 11) is 0. The Hall–Kier alpha value is -1.84. The Morgan fingerprint density at radius 3 is 2.44 bits per heavy atom. The van der Waals surface area contributed by atoms with Crippen LogP contribution in [0.1, 0.15) is 25.8 Å². The highest BCUT2D eigenvalue weighted by atomic mass is 16.2. The Morgan fingerprint density at radius 2 is 1.94 bits per heavy atom. The lowest BCUT2D eigenvalue weighted by Crippen LogP contribution is -2.20. The lowest BCUT2D eigenvalue weighted by Gasteiger charge is -2.13. The molecule has 1 aromatic carbocycles. The first kappa shape index (κ1) is 12.2. The molecule has 0 atom stereocenters. The fourth-order valence-corrected chi connectivity index (χ4v) is 1.44. The third-order valence-corrected chi connectivity index (χ3v) is 2.14. The van der Waals surface area contributed by atoms with Crippen molar-refractivity contribution in [2.75, 3.05) is 5.01 Å². The maximum Gasteiger partial charge on any atom is 0.255 e. The van der Waals surface area contributed by atoms with E-state index < -0.39 is 0 Å². The SMILES string of the molecule is CC.Cc1ccccc1N1N=C(N)CC1=O. The van der Waals surface area contributed by atoms with Crippen LogP contribution in [0.2, 0.25) is 0 Å². The molecule has 0 saturated carbocycles. The minimum Gasteiger partial charge on any atom is -0.385 e. The van der Waals surface area contributed by atoms with Crippen molar-refractivity contribution < 1.29 is 4.79 Å². The van der Waals surface area contributed by atoms with E-state index in [4.69, 9.17) is 5.73 Å². The van der Waals surface area contributed by atoms with Crippen LogP contribution in [-0.2, 0) is 4.79 Å². The van der Waals surface area contributed by atoms with Crippen molar-refractivity contribution in [3.05, 3.63) is 29.8 Å². The van der Waals surface area contributed by atoms with E-state index in [-0.39, 0.29) is 12.3 Å². The van der Waals surface area contributed by atoms with Crippen LogP contribution in [0.4, 0.5) is 5.69 Å². The van der Waals surface area contributed by atoms with Crippen molar-refractivity contribution >= 4 is 17.4 Å². The molecule has 1 amide bonds. The third kappa shape index (κ3) is 2.39. The lowest BCUT2D eigenvalue weighted by atomic mass is 10.2. The number of carbonyl (C=O) groups is 1. The summed E-state index contributed by atoms with van der Waals surface area (Å²) in [5.74, 6) is 0.301. The van der Waals surface area contributed by atoms with Gasteiger partial charge in [0.25, 0.3) is 5.91 Å². The van der Waals surface area contributed by atoms with Crippen molar-refractivity contribution in [1.82, 2.24) is 0 Å². The zero-order valence-corrected chi connectivity index (χ0v) is 9.90. The van der Waals surface area contributed by atoms with Gasteiger partial charge in [0.2, 0.25) is 0 Å². The van der Waals surface area contributed by atoms with Crippen molar-refractivity contribution in [2.45, 2.75) is 27.2 Å². The van der Waals surface area contributed by atoms with Crippen molar-refractivity contribution in [3.63, 3.8) is 0 Å². The van der Waals surface area contributed by atoms with Gasteiger partial charge in [-0.25, -0.2) is 0 Å². The number of nitrogens with zero attached hydrogens (tertiary/aromatic N) is 2. The number of para-hydroxylation sites is 1. The van der Waals surface area contributed by atoms with Crippen LogP contribution in [-0.4, -0.2) is 11.7 Å². The van der Waals surface area contributed by atoms with Crippen LogP contribution in [0.3, 0.4) is 0 Å². The number of carbonyl (C=O) groups excluding carboxylic acids is 1. The van der Waals surface area contributed by atoms with E-state index in [1.807, 2.05) is 45.0 Å². The molecule has 1 aliphatic rings. The number of hydrogen-bond acceptors (Lipinski definition) is 3. The summed E-state index contributed by atoms with van der Waals surface area (Å²) in [6.45, 7) is 5.94. The van der Waals surface area contributed by atoms with Gasteiger partial charge in [0.15, 0.2) is 0 Å². The normalized spacial score (nSPS) is 14.3. The van der Waals surface area contributed by atoms with Gasteiger partial charge in [-0.2, -0.15) is 10.1 Å². The first-order chi connectivity index (χ1) is 7.68.